The first-order valence-corrected chi connectivity index (χ1v) is 30.4. The number of anilines is 1. The third-order valence-electron chi connectivity index (χ3n) is 15.3. The van der Waals surface area contributed by atoms with Gasteiger partial charge in [0.2, 0.25) is 11.9 Å². The van der Waals surface area contributed by atoms with Gasteiger partial charge in [-0.15, -0.1) is 0 Å². The summed E-state index contributed by atoms with van der Waals surface area (Å²) in [4.78, 5) is 78.5. The molecular formula is C61H68N7O13PSi. The Labute approximate surface area is 481 Å². The van der Waals surface area contributed by atoms with E-state index >= 15 is 0 Å². The van der Waals surface area contributed by atoms with Crippen molar-refractivity contribution in [2.24, 2.45) is 5.92 Å². The zero-order valence-electron chi connectivity index (χ0n) is 47.4. The van der Waals surface area contributed by atoms with Crippen LogP contribution >= 0.6 is 8.60 Å². The second-order valence-electron chi connectivity index (χ2n) is 21.9. The first-order valence-electron chi connectivity index (χ1n) is 27.4. The van der Waals surface area contributed by atoms with Crippen LogP contribution in [0.2, 0.25) is 5.04 Å². The quantitative estimate of drug-likeness (QED) is 0.0306. The van der Waals surface area contributed by atoms with Gasteiger partial charge in [0.15, 0.2) is 11.2 Å². The smallest absolute Gasteiger partial charge is 0.330 e. The van der Waals surface area contributed by atoms with Crippen molar-refractivity contribution >= 4 is 50.3 Å². The lowest BCUT2D eigenvalue weighted by Crippen LogP contribution is -2.67. The highest BCUT2D eigenvalue weighted by molar-refractivity contribution is 7.40. The van der Waals surface area contributed by atoms with Crippen LogP contribution in [0.3, 0.4) is 0 Å². The number of amides is 1. The molecule has 10 rings (SSSR count). The van der Waals surface area contributed by atoms with E-state index in [9.17, 15) is 24.1 Å². The van der Waals surface area contributed by atoms with Crippen LogP contribution < -0.4 is 42.0 Å². The minimum atomic E-state index is -3.16. The highest BCUT2D eigenvalue weighted by Crippen LogP contribution is 2.48. The largest absolute Gasteiger partial charge is 0.497 e. The zero-order chi connectivity index (χ0) is 58.6. The topological polar surface area (TPSA) is 242 Å². The lowest BCUT2D eigenvalue weighted by Gasteiger charge is -2.43. The van der Waals surface area contributed by atoms with Crippen LogP contribution in [0, 0.1) is 12.8 Å². The molecule has 0 radical (unpaired) electrons. The number of fused-ring (bicyclic) bond motifs is 1. The molecule has 0 spiro atoms. The van der Waals surface area contributed by atoms with Crippen LogP contribution in [-0.4, -0.2) is 100 Å². The number of nitrogens with zero attached hydrogens (tertiary/aromatic N) is 4. The van der Waals surface area contributed by atoms with Gasteiger partial charge in [-0.3, -0.25) is 38.8 Å². The average Bonchev–Trinajstić information content (AvgIpc) is 4.35. The molecule has 2 saturated heterocycles. The van der Waals surface area contributed by atoms with Crippen molar-refractivity contribution in [3.63, 3.8) is 0 Å². The first kappa shape index (κ1) is 58.8. The van der Waals surface area contributed by atoms with E-state index in [1.165, 1.54) is 17.1 Å². The zero-order valence-corrected chi connectivity index (χ0v) is 49.3. The number of carbonyl (C=O) groups excluding carboxylic acids is 1. The second-order valence-corrected chi connectivity index (χ2v) is 27.2. The van der Waals surface area contributed by atoms with Crippen molar-refractivity contribution in [1.29, 1.82) is 0 Å². The molecule has 0 bridgehead atoms. The molecule has 4 N–H and O–H groups in total. The molecule has 1 unspecified atom stereocenters. The normalized spacial score (nSPS) is 19.7. The minimum absolute atomic E-state index is 0.00504. The Bertz CT molecular complexity index is 3610. The number of methoxy groups -OCH3 is 2. The Kier molecular flexibility index (Phi) is 17.6. The molecule has 0 saturated carbocycles. The maximum Gasteiger partial charge on any atom is 0.330 e. The number of hydrogen-bond acceptors (Lipinski definition) is 15. The molecule has 5 heterocycles. The number of nitrogens with one attached hydrogen (secondary N) is 3. The van der Waals surface area contributed by atoms with E-state index in [2.05, 4.69) is 70.3 Å². The Morgan fingerprint density at radius 2 is 1.27 bits per heavy atom. The number of H-pyrrole nitrogens is 2. The Morgan fingerprint density at radius 3 is 1.82 bits per heavy atom. The average molecular weight is 1170 g/mol. The van der Waals surface area contributed by atoms with Gasteiger partial charge in [0.05, 0.1) is 46.0 Å². The molecule has 2 aliphatic heterocycles. The Balaban J connectivity index is 1.00. The number of carbonyl (C=O) groups is 1. The summed E-state index contributed by atoms with van der Waals surface area (Å²) in [6.07, 6.45) is -2.27. The first-order chi connectivity index (χ1) is 39.9. The van der Waals surface area contributed by atoms with Crippen LogP contribution in [-0.2, 0) is 38.1 Å². The molecule has 2 fully saturated rings. The molecule has 434 valence electrons. The fourth-order valence-corrected chi connectivity index (χ4v) is 16.4. The number of ether oxygens (including phenoxy) is 5. The maximum atomic E-state index is 13.5. The van der Waals surface area contributed by atoms with Crippen molar-refractivity contribution in [2.45, 2.75) is 102 Å². The number of hydrogen-bond donors (Lipinski definition) is 4. The summed E-state index contributed by atoms with van der Waals surface area (Å²) in [5.74, 6) is 0.448. The molecule has 0 aliphatic carbocycles. The standard InChI is InChI=1S/C61H68N7O13PSi/c1-38(2)55(69)64-58-63-54-53(57(71)65-58)62-37-68(54)52-32-47(80-61(40-18-12-9-13-19-40,41-24-28-43(74-7)29-25-41)42-26-30-44(75-8)31-27-42)49(78-52)35-76-82(73)81-48-33-51(67-34-39(3)56(70)66-59(67)72)79-50(48)36-77-83(60(4,5)6,45-20-14-10-15-21-45)46-22-16-11-17-23-46/h9-31,34,37-38,47-52,73H,32-33,35-36H2,1-8H3,(H,66,70,72)(H2,63,64,65,69,71)/t47-,48-,49+,50+,51+,52+,82?/m0/s1. The van der Waals surface area contributed by atoms with Gasteiger partial charge >= 0.3 is 14.3 Å². The van der Waals surface area contributed by atoms with Crippen LogP contribution in [0.15, 0.2) is 166 Å². The summed E-state index contributed by atoms with van der Waals surface area (Å²) in [5, 5.41) is 4.36. The molecule has 22 heteroatoms. The molecule has 3 aromatic heterocycles. The van der Waals surface area contributed by atoms with Gasteiger partial charge in [0, 0.05) is 30.5 Å². The summed E-state index contributed by atoms with van der Waals surface area (Å²) in [7, 11) is -2.71. The monoisotopic (exact) mass is 1170 g/mol. The van der Waals surface area contributed by atoms with Crippen LogP contribution in [0.25, 0.3) is 11.2 Å². The second kappa shape index (κ2) is 24.8. The van der Waals surface area contributed by atoms with Crippen LogP contribution in [0.4, 0.5) is 5.95 Å². The van der Waals surface area contributed by atoms with E-state index in [4.69, 9.17) is 37.2 Å². The lowest BCUT2D eigenvalue weighted by atomic mass is 9.79. The van der Waals surface area contributed by atoms with Crippen LogP contribution in [0.5, 0.6) is 11.5 Å². The summed E-state index contributed by atoms with van der Waals surface area (Å²) in [6, 6.07) is 45.2. The Hall–Kier alpha value is -7.43. The number of aromatic nitrogens is 6. The van der Waals surface area contributed by atoms with E-state index in [0.717, 1.165) is 27.1 Å². The summed E-state index contributed by atoms with van der Waals surface area (Å²) < 4.78 is 55.7. The van der Waals surface area contributed by atoms with Gasteiger partial charge in [-0.05, 0) is 63.3 Å². The number of aromatic amines is 2. The van der Waals surface area contributed by atoms with E-state index in [0.29, 0.717) is 17.1 Å². The van der Waals surface area contributed by atoms with Gasteiger partial charge < -0.3 is 42.1 Å². The summed E-state index contributed by atoms with van der Waals surface area (Å²) in [5.41, 5.74) is -0.370. The minimum Gasteiger partial charge on any atom is -0.497 e. The molecule has 83 heavy (non-hydrogen) atoms. The van der Waals surface area contributed by atoms with Crippen molar-refractivity contribution in [3.05, 3.63) is 205 Å². The molecule has 5 aromatic carbocycles. The highest BCUT2D eigenvalue weighted by atomic mass is 31.2. The highest BCUT2D eigenvalue weighted by Gasteiger charge is 2.52. The third kappa shape index (κ3) is 12.0. The number of aryl methyl sites for hydroxylation is 1. The van der Waals surface area contributed by atoms with E-state index in [1.54, 1.807) is 39.6 Å². The summed E-state index contributed by atoms with van der Waals surface area (Å²) >= 11 is 0. The van der Waals surface area contributed by atoms with Gasteiger partial charge in [-0.1, -0.05) is 150 Å². The van der Waals surface area contributed by atoms with E-state index < -0.39 is 87.2 Å². The number of benzene rings is 5. The fourth-order valence-electron chi connectivity index (χ4n) is 11.0. The molecule has 2 aliphatic rings. The van der Waals surface area contributed by atoms with Gasteiger partial charge in [-0.25, -0.2) is 9.78 Å². The number of rotatable bonds is 21. The SMILES string of the molecule is COc1ccc(C(O[C@H]2C[C@H](n3cnc4c(=O)[nH]c(NC(=O)C(C)C)nc43)O[C@@H]2COP(O)O[C@H]2C[C@H](n3cc(C)c(=O)[nH]c3=O)O[C@@H]2CO[Si](c2ccccc2)(c2ccccc2)C(C)(C)C)(c2ccccc2)c2ccc(OC)cc2)cc1. The molecule has 20 nitrogen and oxygen atoms in total. The molecule has 1 amide bonds. The number of imidazole rings is 1. The summed E-state index contributed by atoms with van der Waals surface area (Å²) in [6.45, 7) is 11.2. The molecular weight excluding hydrogens is 1100 g/mol. The van der Waals surface area contributed by atoms with Crippen molar-refractivity contribution < 1.29 is 46.8 Å². The van der Waals surface area contributed by atoms with E-state index in [1.807, 2.05) is 115 Å². The van der Waals surface area contributed by atoms with E-state index in [-0.39, 0.29) is 49.1 Å². The Morgan fingerprint density at radius 1 is 0.735 bits per heavy atom. The molecule has 7 atom stereocenters. The predicted molar refractivity (Wildman–Crippen MR) is 315 cm³/mol. The lowest BCUT2D eigenvalue weighted by molar-refractivity contribution is -0.118. The van der Waals surface area contributed by atoms with Gasteiger partial charge in [0.25, 0.3) is 19.4 Å². The molecule has 8 aromatic rings. The third-order valence-corrected chi connectivity index (χ3v) is 21.1. The van der Waals surface area contributed by atoms with Crippen molar-refractivity contribution in [2.75, 3.05) is 32.8 Å². The van der Waals surface area contributed by atoms with Gasteiger partial charge in [-0.2, -0.15) is 4.98 Å². The fraction of sp³-hybridized carbons (Fsp3) is 0.344. The van der Waals surface area contributed by atoms with Gasteiger partial charge in [0.1, 0.15) is 41.8 Å². The van der Waals surface area contributed by atoms with Crippen LogP contribution in [0.1, 0.15) is 82.2 Å². The van der Waals surface area contributed by atoms with Crippen molar-refractivity contribution in [3.8, 4) is 11.5 Å². The van der Waals surface area contributed by atoms with Crippen molar-refractivity contribution in [1.82, 2.24) is 29.1 Å². The predicted octanol–water partition coefficient (Wildman–Crippen LogP) is 7.74. The maximum absolute atomic E-state index is 13.5.